The number of rotatable bonds is 10. The molecule has 8 heteroatoms. The van der Waals surface area contributed by atoms with E-state index in [-0.39, 0.29) is 42.7 Å². The average molecular weight is 489 g/mol. The van der Waals surface area contributed by atoms with Gasteiger partial charge in [0.1, 0.15) is 18.2 Å². The van der Waals surface area contributed by atoms with E-state index in [1.54, 1.807) is 35.5 Å². The molecule has 0 radical (unpaired) electrons. The number of thiophene rings is 1. The number of carbonyl (C=O) groups is 2. The molecule has 2 amide bonds. The van der Waals surface area contributed by atoms with Crippen LogP contribution in [0.15, 0.2) is 35.7 Å². The van der Waals surface area contributed by atoms with Crippen molar-refractivity contribution in [3.8, 4) is 5.75 Å². The van der Waals surface area contributed by atoms with Crippen LogP contribution in [-0.4, -0.2) is 61.6 Å². The zero-order valence-electron chi connectivity index (χ0n) is 19.7. The molecule has 1 aliphatic heterocycles. The molecule has 2 heterocycles. The van der Waals surface area contributed by atoms with Crippen molar-refractivity contribution in [3.05, 3.63) is 52.0 Å². The number of fused-ring (bicyclic) bond motifs is 1. The van der Waals surface area contributed by atoms with E-state index in [9.17, 15) is 14.0 Å². The molecule has 2 aliphatic rings. The minimum absolute atomic E-state index is 0.0206. The van der Waals surface area contributed by atoms with Gasteiger partial charge in [-0.15, -0.1) is 11.3 Å². The minimum Gasteiger partial charge on any atom is -0.491 e. The molecule has 6 nitrogen and oxygen atoms in total. The first-order chi connectivity index (χ1) is 16.6. The molecule has 1 aromatic heterocycles. The maximum atomic E-state index is 13.6. The van der Waals surface area contributed by atoms with E-state index in [0.717, 1.165) is 37.7 Å². The Morgan fingerprint density at radius 1 is 1.24 bits per heavy atom. The van der Waals surface area contributed by atoms with Gasteiger partial charge in [-0.05, 0) is 54.8 Å². The molecular weight excluding hydrogens is 455 g/mol. The summed E-state index contributed by atoms with van der Waals surface area (Å²) in [6, 6.07) is 7.81. The number of nitrogens with zero attached hydrogens (tertiary/aromatic N) is 2. The first-order valence-electron chi connectivity index (χ1n) is 12.1. The van der Waals surface area contributed by atoms with Crippen molar-refractivity contribution in [3.63, 3.8) is 0 Å². The number of hydrogen-bond donors (Lipinski definition) is 0. The van der Waals surface area contributed by atoms with Crippen LogP contribution in [0.1, 0.15) is 48.6 Å². The monoisotopic (exact) mass is 488 g/mol. The summed E-state index contributed by atoms with van der Waals surface area (Å²) in [6.45, 7) is 1.94. The molecular formula is C26H33FN2O4S. The van der Waals surface area contributed by atoms with Crippen LogP contribution in [-0.2, 0) is 20.7 Å². The second-order valence-electron chi connectivity index (χ2n) is 9.01. The van der Waals surface area contributed by atoms with Crippen LogP contribution >= 0.6 is 11.3 Å². The van der Waals surface area contributed by atoms with Crippen LogP contribution in [0.5, 0.6) is 5.75 Å². The van der Waals surface area contributed by atoms with Gasteiger partial charge in [-0.2, -0.15) is 0 Å². The van der Waals surface area contributed by atoms with Crippen molar-refractivity contribution in [2.75, 3.05) is 40.0 Å². The molecule has 1 fully saturated rings. The van der Waals surface area contributed by atoms with Crippen LogP contribution in [0, 0.1) is 11.7 Å². The van der Waals surface area contributed by atoms with Gasteiger partial charge in [0.25, 0.3) is 0 Å². The van der Waals surface area contributed by atoms with E-state index in [0.29, 0.717) is 31.9 Å². The van der Waals surface area contributed by atoms with Crippen molar-refractivity contribution in [2.24, 2.45) is 5.92 Å². The fraction of sp³-hybridized carbons (Fsp3) is 0.538. The number of amides is 2. The maximum Gasteiger partial charge on any atom is 0.242 e. The van der Waals surface area contributed by atoms with Crippen LogP contribution < -0.4 is 4.74 Å². The third-order valence-electron chi connectivity index (χ3n) is 6.74. The predicted molar refractivity (Wildman–Crippen MR) is 129 cm³/mol. The zero-order valence-corrected chi connectivity index (χ0v) is 20.5. The molecule has 0 spiro atoms. The summed E-state index contributed by atoms with van der Waals surface area (Å²) in [7, 11) is 1.64. The van der Waals surface area contributed by atoms with Gasteiger partial charge in [0, 0.05) is 43.7 Å². The van der Waals surface area contributed by atoms with Gasteiger partial charge in [-0.25, -0.2) is 4.39 Å². The molecule has 1 aliphatic carbocycles. The molecule has 184 valence electrons. The van der Waals surface area contributed by atoms with Gasteiger partial charge in [0.2, 0.25) is 11.8 Å². The molecule has 1 atom stereocenters. The number of ether oxygens (including phenoxy) is 2. The quantitative estimate of drug-likeness (QED) is 0.464. The number of hydrogen-bond acceptors (Lipinski definition) is 5. The fourth-order valence-corrected chi connectivity index (χ4v) is 5.89. The highest BCUT2D eigenvalue weighted by atomic mass is 32.1. The third-order valence-corrected chi connectivity index (χ3v) is 7.73. The molecule has 34 heavy (non-hydrogen) atoms. The predicted octanol–water partition coefficient (Wildman–Crippen LogP) is 4.45. The molecule has 1 saturated carbocycles. The Morgan fingerprint density at radius 2 is 2.06 bits per heavy atom. The van der Waals surface area contributed by atoms with Crippen molar-refractivity contribution in [1.82, 2.24) is 9.80 Å². The summed E-state index contributed by atoms with van der Waals surface area (Å²) in [5, 5.41) is 2.04. The van der Waals surface area contributed by atoms with Crippen molar-refractivity contribution in [2.45, 2.75) is 44.6 Å². The van der Waals surface area contributed by atoms with Gasteiger partial charge in [0.05, 0.1) is 12.6 Å². The lowest BCUT2D eigenvalue weighted by Gasteiger charge is -2.37. The number of halogens is 1. The Morgan fingerprint density at radius 3 is 2.82 bits per heavy atom. The average Bonchev–Trinajstić information content (AvgIpc) is 3.54. The Kier molecular flexibility index (Phi) is 8.56. The normalized spacial score (nSPS) is 18.1. The van der Waals surface area contributed by atoms with E-state index >= 15 is 0 Å². The lowest BCUT2D eigenvalue weighted by Crippen LogP contribution is -2.49. The van der Waals surface area contributed by atoms with Crippen LogP contribution in [0.2, 0.25) is 0 Å². The number of carbonyl (C=O) groups excluding carboxylic acids is 2. The van der Waals surface area contributed by atoms with Crippen molar-refractivity contribution in [1.29, 1.82) is 0 Å². The molecule has 2 aromatic rings. The van der Waals surface area contributed by atoms with Crippen LogP contribution in [0.4, 0.5) is 4.39 Å². The van der Waals surface area contributed by atoms with Crippen LogP contribution in [0.3, 0.4) is 0 Å². The second kappa shape index (κ2) is 11.8. The highest BCUT2D eigenvalue weighted by molar-refractivity contribution is 7.10. The summed E-state index contributed by atoms with van der Waals surface area (Å²) >= 11 is 1.68. The topological polar surface area (TPSA) is 59.1 Å². The Hall–Kier alpha value is -2.45. The Bertz CT molecular complexity index is 975. The van der Waals surface area contributed by atoms with E-state index in [2.05, 4.69) is 0 Å². The molecule has 0 unspecified atom stereocenters. The summed E-state index contributed by atoms with van der Waals surface area (Å²) in [4.78, 5) is 31.6. The number of benzene rings is 1. The Balaban J connectivity index is 1.48. The fourth-order valence-electron chi connectivity index (χ4n) is 4.96. The lowest BCUT2D eigenvalue weighted by atomic mass is 10.00. The summed E-state index contributed by atoms with van der Waals surface area (Å²) < 4.78 is 24.7. The minimum atomic E-state index is -0.359. The maximum absolute atomic E-state index is 13.6. The molecule has 0 bridgehead atoms. The van der Waals surface area contributed by atoms with E-state index in [4.69, 9.17) is 9.47 Å². The van der Waals surface area contributed by atoms with E-state index in [1.807, 2.05) is 16.3 Å². The zero-order chi connectivity index (χ0) is 23.9. The van der Waals surface area contributed by atoms with Gasteiger partial charge < -0.3 is 19.3 Å². The molecule has 1 aromatic carbocycles. The van der Waals surface area contributed by atoms with E-state index in [1.165, 1.54) is 17.0 Å². The molecule has 0 saturated heterocycles. The van der Waals surface area contributed by atoms with Crippen molar-refractivity contribution >= 4 is 23.2 Å². The van der Waals surface area contributed by atoms with Gasteiger partial charge in [-0.1, -0.05) is 18.9 Å². The standard InChI is InChI=1S/C26H33FN2O4S/c1-32-14-5-12-28(26(31)19-6-2-3-7-19)17-25(30)29-13-10-24-22(11-15-34-24)23(29)18-33-21-9-4-8-20(27)16-21/h4,8-9,11,15-16,19,23H,2-3,5-7,10,12-14,17-18H2,1H3/t23-/m1/s1. The van der Waals surface area contributed by atoms with Gasteiger partial charge in [0.15, 0.2) is 0 Å². The smallest absolute Gasteiger partial charge is 0.242 e. The van der Waals surface area contributed by atoms with E-state index < -0.39 is 0 Å². The van der Waals surface area contributed by atoms with Crippen LogP contribution in [0.25, 0.3) is 0 Å². The summed E-state index contributed by atoms with van der Waals surface area (Å²) in [6.07, 6.45) is 5.43. The largest absolute Gasteiger partial charge is 0.491 e. The highest BCUT2D eigenvalue weighted by Crippen LogP contribution is 2.34. The first kappa shape index (κ1) is 24.7. The summed E-state index contributed by atoms with van der Waals surface area (Å²) in [5.74, 6) is 0.110. The Labute approximate surface area is 204 Å². The van der Waals surface area contributed by atoms with Crippen molar-refractivity contribution < 1.29 is 23.5 Å². The SMILES string of the molecule is COCCCN(CC(=O)N1CCc2sccc2[C@H]1COc1cccc(F)c1)C(=O)C1CCCC1. The first-order valence-corrected chi connectivity index (χ1v) is 13.0. The van der Waals surface area contributed by atoms with Gasteiger partial charge >= 0.3 is 0 Å². The molecule has 0 N–H and O–H groups in total. The highest BCUT2D eigenvalue weighted by Gasteiger charge is 2.35. The second-order valence-corrected chi connectivity index (χ2v) is 10.0. The summed E-state index contributed by atoms with van der Waals surface area (Å²) in [5.41, 5.74) is 1.08. The van der Waals surface area contributed by atoms with Gasteiger partial charge in [-0.3, -0.25) is 9.59 Å². The molecule has 4 rings (SSSR count). The lowest BCUT2D eigenvalue weighted by molar-refractivity contribution is -0.144. The number of methoxy groups -OCH3 is 1. The third kappa shape index (κ3) is 5.96.